The van der Waals surface area contributed by atoms with Gasteiger partial charge in [-0.2, -0.15) is 0 Å². The van der Waals surface area contributed by atoms with Crippen LogP contribution in [-0.2, 0) is 14.4 Å². The van der Waals surface area contributed by atoms with Gasteiger partial charge < -0.3 is 25.9 Å². The number of fused-ring (bicyclic) bond motifs is 1. The first-order valence-electron chi connectivity index (χ1n) is 11.8. The quantitative estimate of drug-likeness (QED) is 0.157. The number of nitrogens with zero attached hydrogens (tertiary/aromatic N) is 4. The molecule has 3 N–H and O–H groups in total. The van der Waals surface area contributed by atoms with Crippen LogP contribution in [-0.4, -0.2) is 85.9 Å². The number of aliphatic carboxylic acids is 1. The molecule has 0 spiro atoms. The predicted molar refractivity (Wildman–Crippen MR) is 140 cm³/mol. The molecule has 2 fully saturated rings. The molecule has 2 unspecified atom stereocenters. The van der Waals surface area contributed by atoms with Crippen LogP contribution in [0.5, 0.6) is 0 Å². The second-order valence-electron chi connectivity index (χ2n) is 8.69. The fraction of sp³-hybridized carbons (Fsp3) is 0.348. The van der Waals surface area contributed by atoms with Gasteiger partial charge in [0.15, 0.2) is 4.34 Å². The molecule has 0 aliphatic carbocycles. The number of thioether (sulfide) groups is 2. The van der Waals surface area contributed by atoms with E-state index in [0.717, 1.165) is 14.8 Å². The van der Waals surface area contributed by atoms with Gasteiger partial charge >= 0.3 is 41.6 Å². The molecule has 2 aromatic rings. The molecule has 3 atom stereocenters. The molecule has 5 rings (SSSR count). The predicted octanol–water partition coefficient (Wildman–Crippen LogP) is -3.18. The monoisotopic (exact) mass is 611 g/mol. The third-order valence-corrected chi connectivity index (χ3v) is 9.58. The molecule has 6 amide bonds. The van der Waals surface area contributed by atoms with Crippen LogP contribution in [0.15, 0.2) is 45.9 Å². The number of aryl methyl sites for hydroxylation is 1. The van der Waals surface area contributed by atoms with E-state index in [-0.39, 0.29) is 41.8 Å². The Hall–Kier alpha value is -2.63. The molecule has 0 saturated carbocycles. The Bertz CT molecular complexity index is 1370. The Labute approximate surface area is 263 Å². The van der Waals surface area contributed by atoms with Crippen molar-refractivity contribution in [3.05, 3.63) is 52.2 Å². The number of aromatic nitrogens is 2. The number of carbonyl (C=O) groups excluding carboxylic acids is 5. The topological polar surface area (TPSA) is 177 Å². The normalized spacial score (nSPS) is 20.6. The van der Waals surface area contributed by atoms with Crippen molar-refractivity contribution >= 4 is 64.7 Å². The van der Waals surface area contributed by atoms with Crippen LogP contribution in [0.3, 0.4) is 0 Å². The van der Waals surface area contributed by atoms with Crippen molar-refractivity contribution in [3.63, 3.8) is 0 Å². The molecule has 0 radical (unpaired) electrons. The molecule has 3 aliphatic rings. The number of urea groups is 2. The van der Waals surface area contributed by atoms with Gasteiger partial charge in [0.1, 0.15) is 22.5 Å². The van der Waals surface area contributed by atoms with E-state index in [4.69, 9.17) is 0 Å². The number of benzene rings is 1. The molecular formula is C23H22N7NaO6S3. The molecule has 1 aromatic heterocycles. The van der Waals surface area contributed by atoms with Gasteiger partial charge in [-0.05, 0) is 18.1 Å². The Morgan fingerprint density at radius 3 is 2.60 bits per heavy atom. The van der Waals surface area contributed by atoms with E-state index in [1.54, 1.807) is 30.3 Å². The van der Waals surface area contributed by atoms with E-state index in [9.17, 15) is 29.1 Å². The SMILES string of the molecule is Cc1nnc(SCC2=C(C(=O)[O-])N3C(=O)C(NC(=O)C(NC(=O)N4CCNC4=O)c4ccccc4)[C@@H]3SC2)s1.[Na+]. The Balaban J connectivity index is 0.00000370. The molecular weight excluding hydrogens is 589 g/mol. The molecule has 2 saturated heterocycles. The zero-order chi connectivity index (χ0) is 27.7. The van der Waals surface area contributed by atoms with Crippen LogP contribution >= 0.6 is 34.9 Å². The second-order valence-corrected chi connectivity index (χ2v) is 12.2. The number of carboxylic acids is 1. The fourth-order valence-electron chi connectivity index (χ4n) is 4.32. The summed E-state index contributed by atoms with van der Waals surface area (Å²) in [5.74, 6) is -2.12. The zero-order valence-electron chi connectivity index (χ0n) is 21.4. The van der Waals surface area contributed by atoms with Gasteiger partial charge in [0.25, 0.3) is 5.91 Å². The number of β-lactam (4-membered cyclic amide) rings is 1. The minimum absolute atomic E-state index is 0. The summed E-state index contributed by atoms with van der Waals surface area (Å²) < 4.78 is 0.685. The van der Waals surface area contributed by atoms with Crippen LogP contribution in [0.25, 0.3) is 0 Å². The number of carbonyl (C=O) groups is 5. The molecule has 1 aromatic carbocycles. The summed E-state index contributed by atoms with van der Waals surface area (Å²) in [5.41, 5.74) is 0.769. The summed E-state index contributed by atoms with van der Waals surface area (Å²) >= 11 is 4.04. The van der Waals surface area contributed by atoms with E-state index < -0.39 is 47.3 Å². The first-order valence-corrected chi connectivity index (χ1v) is 14.6. The van der Waals surface area contributed by atoms with Gasteiger partial charge in [-0.3, -0.25) is 14.5 Å². The maximum atomic E-state index is 13.4. The second kappa shape index (κ2) is 12.9. The fourth-order valence-corrected chi connectivity index (χ4v) is 7.62. The molecule has 13 nitrogen and oxygen atoms in total. The zero-order valence-corrected chi connectivity index (χ0v) is 25.9. The van der Waals surface area contributed by atoms with Crippen LogP contribution in [0, 0.1) is 6.92 Å². The van der Waals surface area contributed by atoms with Crippen molar-refractivity contribution in [2.45, 2.75) is 28.7 Å². The van der Waals surface area contributed by atoms with Crippen LogP contribution in [0.1, 0.15) is 16.6 Å². The van der Waals surface area contributed by atoms with E-state index in [2.05, 4.69) is 26.1 Å². The Kier molecular flexibility index (Phi) is 9.79. The van der Waals surface area contributed by atoms with Crippen molar-refractivity contribution in [1.82, 2.24) is 35.9 Å². The summed E-state index contributed by atoms with van der Waals surface area (Å²) in [6, 6.07) is 4.89. The molecule has 4 heterocycles. The number of amides is 6. The first kappa shape index (κ1) is 30.3. The number of hydrogen-bond acceptors (Lipinski definition) is 11. The number of nitrogens with one attached hydrogen (secondary N) is 3. The van der Waals surface area contributed by atoms with Gasteiger partial charge in [-0.15, -0.1) is 22.0 Å². The van der Waals surface area contributed by atoms with Crippen molar-refractivity contribution in [2.24, 2.45) is 0 Å². The first-order chi connectivity index (χ1) is 18.7. The maximum Gasteiger partial charge on any atom is 1.00 e. The van der Waals surface area contributed by atoms with E-state index in [0.29, 0.717) is 33.5 Å². The maximum absolute atomic E-state index is 13.4. The Morgan fingerprint density at radius 1 is 1.23 bits per heavy atom. The van der Waals surface area contributed by atoms with Crippen LogP contribution in [0.2, 0.25) is 0 Å². The molecule has 40 heavy (non-hydrogen) atoms. The minimum Gasteiger partial charge on any atom is -0.543 e. The summed E-state index contributed by atoms with van der Waals surface area (Å²) in [4.78, 5) is 65.2. The van der Waals surface area contributed by atoms with Crippen LogP contribution in [0.4, 0.5) is 9.59 Å². The van der Waals surface area contributed by atoms with Gasteiger partial charge in [0, 0.05) is 24.6 Å². The molecule has 3 aliphatic heterocycles. The van der Waals surface area contributed by atoms with Gasteiger partial charge in [0.2, 0.25) is 5.91 Å². The number of rotatable bonds is 8. The summed E-state index contributed by atoms with van der Waals surface area (Å²) in [7, 11) is 0. The third kappa shape index (κ3) is 6.16. The van der Waals surface area contributed by atoms with Crippen molar-refractivity contribution < 1.29 is 58.6 Å². The van der Waals surface area contributed by atoms with Crippen molar-refractivity contribution in [2.75, 3.05) is 24.6 Å². The van der Waals surface area contributed by atoms with E-state index >= 15 is 0 Å². The van der Waals surface area contributed by atoms with Crippen molar-refractivity contribution in [3.8, 4) is 0 Å². The van der Waals surface area contributed by atoms with E-state index in [1.165, 1.54) is 34.9 Å². The average Bonchev–Trinajstić information content (AvgIpc) is 3.56. The molecule has 0 bridgehead atoms. The summed E-state index contributed by atoms with van der Waals surface area (Å²) in [6.07, 6.45) is 0. The van der Waals surface area contributed by atoms with Gasteiger partial charge in [-0.25, -0.2) is 14.5 Å². The smallest absolute Gasteiger partial charge is 0.543 e. The largest absolute Gasteiger partial charge is 1.00 e. The minimum atomic E-state index is -1.47. The molecule has 17 heteroatoms. The number of hydrogen-bond donors (Lipinski definition) is 3. The van der Waals surface area contributed by atoms with Gasteiger partial charge in [-0.1, -0.05) is 53.4 Å². The van der Waals surface area contributed by atoms with Crippen molar-refractivity contribution in [1.29, 1.82) is 0 Å². The third-order valence-electron chi connectivity index (χ3n) is 6.18. The summed E-state index contributed by atoms with van der Waals surface area (Å²) in [5, 5.41) is 27.9. The van der Waals surface area contributed by atoms with Crippen LogP contribution < -0.4 is 50.6 Å². The Morgan fingerprint density at radius 2 is 1.98 bits per heavy atom. The summed E-state index contributed by atoms with van der Waals surface area (Å²) in [6.45, 7) is 2.27. The standard InChI is InChI=1S/C23H23N7O6S3.Na/c1-11-27-28-23(39-11)38-10-13-9-37-19-15(18(32)30(19)16(13)20(33)34)25-17(31)14(12-5-3-2-4-6-12)26-22(36)29-8-7-24-21(29)35;/h2-6,14-15,19H,7-10H2,1H3,(H,24,35)(H,25,31)(H,26,36)(H,33,34);/q;+1/p-1/t14?,15?,19-;/m0./s1. The molecule has 204 valence electrons. The number of imide groups is 1. The number of carboxylic acid groups (broad SMARTS) is 1. The van der Waals surface area contributed by atoms with Gasteiger partial charge in [0.05, 0.1) is 11.7 Å². The van der Waals surface area contributed by atoms with E-state index in [1.807, 2.05) is 6.92 Å². The average molecular weight is 612 g/mol.